The van der Waals surface area contributed by atoms with Crippen LogP contribution in [0.1, 0.15) is 124 Å². The first-order valence-corrected chi connectivity index (χ1v) is 36.3. The first kappa shape index (κ1) is 54.4. The van der Waals surface area contributed by atoms with Gasteiger partial charge in [0.05, 0.1) is 37.8 Å². The molecule has 0 aromatic rings. The lowest BCUT2D eigenvalue weighted by molar-refractivity contribution is -0.208. The fraction of sp³-hybridized carbons (Fsp3) is 0.955. The van der Waals surface area contributed by atoms with Gasteiger partial charge in [-0.15, -0.1) is 0 Å². The zero-order valence-corrected chi connectivity index (χ0v) is 47.2. The molecule has 0 saturated carbocycles. The lowest BCUT2D eigenvalue weighted by Gasteiger charge is -2.49. The van der Waals surface area contributed by atoms with Crippen LogP contribution in [0, 0.1) is 11.8 Å². The Kier molecular flexibility index (Phi) is 18.2. The van der Waals surface area contributed by atoms with Gasteiger partial charge in [0.1, 0.15) is 6.10 Å². The third-order valence-electron chi connectivity index (χ3n) is 15.1. The van der Waals surface area contributed by atoms with E-state index in [0.29, 0.717) is 19.1 Å². The van der Waals surface area contributed by atoms with Gasteiger partial charge in [-0.2, -0.15) is 0 Å². The van der Waals surface area contributed by atoms with Gasteiger partial charge < -0.3 is 31.6 Å². The zero-order valence-electron chi connectivity index (χ0n) is 42.2. The van der Waals surface area contributed by atoms with Gasteiger partial charge in [0.15, 0.2) is 47.9 Å². The van der Waals surface area contributed by atoms with Gasteiger partial charge in [0, 0.05) is 18.3 Å². The molecule has 0 aromatic heterocycles. The SMILES string of the molecule is CC1C(CO[Si](C)(C)C(C)(C)C)OC(O[Si](C)(C)C(C)(C)C)CC1O[Si](C)(C)C(C)(C)C.CC1C(O[Si](C)(C)C(C)(C)C)C=COC1CO[Si](C)(C)C(C)(C)C. The molecule has 7 nitrogen and oxygen atoms in total. The van der Waals surface area contributed by atoms with Crippen molar-refractivity contribution >= 4 is 41.6 Å². The first-order valence-electron chi connectivity index (χ1n) is 21.8. The maximum atomic E-state index is 6.97. The summed E-state index contributed by atoms with van der Waals surface area (Å²) < 4.78 is 45.8. The second kappa shape index (κ2) is 18.8. The van der Waals surface area contributed by atoms with Crippen molar-refractivity contribution in [2.45, 2.75) is 245 Å². The Labute approximate surface area is 354 Å². The van der Waals surface area contributed by atoms with Crippen molar-refractivity contribution in [2.75, 3.05) is 13.2 Å². The second-order valence-electron chi connectivity index (χ2n) is 24.8. The summed E-state index contributed by atoms with van der Waals surface area (Å²) in [5, 5.41) is 0.930. The molecule has 7 unspecified atom stereocenters. The van der Waals surface area contributed by atoms with Gasteiger partial charge in [-0.3, -0.25) is 0 Å². The van der Waals surface area contributed by atoms with E-state index in [2.05, 4.69) is 189 Å². The van der Waals surface area contributed by atoms with Crippen LogP contribution in [0.2, 0.25) is 90.7 Å². The Hall–Kier alpha value is 0.384. The Morgan fingerprint density at radius 1 is 0.482 bits per heavy atom. The minimum absolute atomic E-state index is 0.0117. The quantitative estimate of drug-likeness (QED) is 0.181. The van der Waals surface area contributed by atoms with E-state index in [9.17, 15) is 0 Å². The molecule has 0 aliphatic carbocycles. The molecule has 334 valence electrons. The summed E-state index contributed by atoms with van der Waals surface area (Å²) in [4.78, 5) is 0. The van der Waals surface area contributed by atoms with E-state index in [-0.39, 0.29) is 61.8 Å². The smallest absolute Gasteiger partial charge is 0.195 e. The van der Waals surface area contributed by atoms with Crippen molar-refractivity contribution in [1.82, 2.24) is 0 Å². The summed E-state index contributed by atoms with van der Waals surface area (Å²) in [6.45, 7) is 63.2. The molecular formula is C44H96O7Si5. The largest absolute Gasteiger partial charge is 0.496 e. The number of rotatable bonds is 12. The predicted molar refractivity (Wildman–Crippen MR) is 254 cm³/mol. The van der Waals surface area contributed by atoms with Crippen molar-refractivity contribution in [1.29, 1.82) is 0 Å². The predicted octanol–water partition coefficient (Wildman–Crippen LogP) is 14.1. The molecule has 2 aliphatic rings. The normalized spacial score (nSPS) is 26.7. The van der Waals surface area contributed by atoms with Crippen LogP contribution in [-0.2, 0) is 31.6 Å². The molecule has 1 fully saturated rings. The summed E-state index contributed by atoms with van der Waals surface area (Å²) in [6.07, 6.45) is 4.78. The highest BCUT2D eigenvalue weighted by molar-refractivity contribution is 6.75. The molecule has 1 saturated heterocycles. The fourth-order valence-corrected chi connectivity index (χ4v) is 11.0. The zero-order chi connectivity index (χ0) is 44.5. The monoisotopic (exact) mass is 877 g/mol. The molecule has 0 amide bonds. The highest BCUT2D eigenvalue weighted by Crippen LogP contribution is 2.45. The summed E-state index contributed by atoms with van der Waals surface area (Å²) in [7, 11) is -9.28. The third-order valence-corrected chi connectivity index (χ3v) is 37.5. The lowest BCUT2D eigenvalue weighted by Crippen LogP contribution is -2.56. The van der Waals surface area contributed by atoms with Crippen LogP contribution in [0.15, 0.2) is 12.3 Å². The van der Waals surface area contributed by atoms with Crippen LogP contribution in [0.4, 0.5) is 0 Å². The molecular weight excluding hydrogens is 781 g/mol. The van der Waals surface area contributed by atoms with E-state index in [0.717, 1.165) is 6.42 Å². The molecule has 0 spiro atoms. The summed E-state index contributed by atoms with van der Waals surface area (Å²) in [6, 6.07) is 0. The van der Waals surface area contributed by atoms with Crippen molar-refractivity contribution in [3.63, 3.8) is 0 Å². The van der Waals surface area contributed by atoms with Crippen molar-refractivity contribution in [3.05, 3.63) is 12.3 Å². The average molecular weight is 878 g/mol. The highest BCUT2D eigenvalue weighted by Gasteiger charge is 2.49. The van der Waals surface area contributed by atoms with Crippen LogP contribution in [0.25, 0.3) is 0 Å². The molecule has 2 aliphatic heterocycles. The maximum Gasteiger partial charge on any atom is 0.195 e. The molecule has 2 heterocycles. The molecule has 0 aromatic carbocycles. The maximum absolute atomic E-state index is 6.97. The van der Waals surface area contributed by atoms with Gasteiger partial charge in [0.25, 0.3) is 0 Å². The fourth-order valence-electron chi connectivity index (χ4n) is 5.10. The summed E-state index contributed by atoms with van der Waals surface area (Å²) >= 11 is 0. The van der Waals surface area contributed by atoms with Crippen LogP contribution >= 0.6 is 0 Å². The standard InChI is InChI=1S/C25H56O4Si3.C19H40O3Si2/c1-19-20(28-31(13,14)24(5,6)7)17-22(29-32(15,16)25(8,9)10)27-21(19)18-26-30(11,12)23(2,3)4;1-15-16(22-24(10,11)19(5,6)7)12-13-20-17(15)14-21-23(8,9)18(2,3)4/h19-22H,17-18H2,1-16H3;12-13,15-17H,14H2,1-11H3. The van der Waals surface area contributed by atoms with E-state index in [1.54, 1.807) is 0 Å². The van der Waals surface area contributed by atoms with Gasteiger partial charge >= 0.3 is 0 Å². The minimum Gasteiger partial charge on any atom is -0.496 e. The number of hydrogen-bond donors (Lipinski definition) is 0. The molecule has 0 radical (unpaired) electrons. The Morgan fingerprint density at radius 2 is 0.839 bits per heavy atom. The van der Waals surface area contributed by atoms with Gasteiger partial charge in [-0.25, -0.2) is 0 Å². The highest BCUT2D eigenvalue weighted by atomic mass is 28.4. The third kappa shape index (κ3) is 14.8. The van der Waals surface area contributed by atoms with Crippen molar-refractivity contribution in [3.8, 4) is 0 Å². The van der Waals surface area contributed by atoms with Crippen LogP contribution in [-0.4, -0.2) is 85.5 Å². The van der Waals surface area contributed by atoms with Gasteiger partial charge in [-0.05, 0) is 96.7 Å². The summed E-state index contributed by atoms with van der Waals surface area (Å²) in [5.41, 5.74) is 0. The van der Waals surface area contributed by atoms with Crippen LogP contribution in [0.5, 0.6) is 0 Å². The molecule has 0 bridgehead atoms. The Bertz CT molecular complexity index is 1250. The molecule has 56 heavy (non-hydrogen) atoms. The number of hydrogen-bond acceptors (Lipinski definition) is 7. The molecule has 12 heteroatoms. The molecule has 2 rings (SSSR count). The number of ether oxygens (including phenoxy) is 2. The minimum atomic E-state index is -1.96. The van der Waals surface area contributed by atoms with E-state index in [4.69, 9.17) is 31.6 Å². The molecule has 7 atom stereocenters. The van der Waals surface area contributed by atoms with E-state index < -0.39 is 41.6 Å². The van der Waals surface area contributed by atoms with Crippen molar-refractivity contribution in [2.24, 2.45) is 11.8 Å². The lowest BCUT2D eigenvalue weighted by atomic mass is 9.93. The van der Waals surface area contributed by atoms with Crippen molar-refractivity contribution < 1.29 is 31.6 Å². The van der Waals surface area contributed by atoms with Crippen LogP contribution < -0.4 is 0 Å². The van der Waals surface area contributed by atoms with E-state index in [1.165, 1.54) is 0 Å². The first-order chi connectivity index (χ1) is 24.5. The summed E-state index contributed by atoms with van der Waals surface area (Å²) in [5.74, 6) is 0.571. The Balaban J connectivity index is 0.000000583. The van der Waals surface area contributed by atoms with Gasteiger partial charge in [-0.1, -0.05) is 118 Å². The van der Waals surface area contributed by atoms with Crippen LogP contribution in [0.3, 0.4) is 0 Å². The molecule has 0 N–H and O–H groups in total. The van der Waals surface area contributed by atoms with Gasteiger partial charge in [0.2, 0.25) is 0 Å². The topological polar surface area (TPSA) is 64.6 Å². The van der Waals surface area contributed by atoms with E-state index >= 15 is 0 Å². The Morgan fingerprint density at radius 3 is 1.23 bits per heavy atom. The van der Waals surface area contributed by atoms with E-state index in [1.807, 2.05) is 6.26 Å². The second-order valence-corrected chi connectivity index (χ2v) is 48.7. The average Bonchev–Trinajstić information content (AvgIpc) is 2.95.